The van der Waals surface area contributed by atoms with Crippen LogP contribution in [0.5, 0.6) is 6.01 Å². The second kappa shape index (κ2) is 9.15. The van der Waals surface area contributed by atoms with Crippen LogP contribution >= 0.6 is 11.6 Å². The van der Waals surface area contributed by atoms with Gasteiger partial charge in [0.1, 0.15) is 11.7 Å². The molecular weight excluding hydrogens is 402 g/mol. The Morgan fingerprint density at radius 3 is 3.03 bits per heavy atom. The summed E-state index contributed by atoms with van der Waals surface area (Å²) in [6.45, 7) is 2.60. The van der Waals surface area contributed by atoms with Gasteiger partial charge in [0.15, 0.2) is 16.8 Å². The molecule has 1 saturated heterocycles. The lowest BCUT2D eigenvalue weighted by atomic mass is 9.96. The Labute approximate surface area is 172 Å². The van der Waals surface area contributed by atoms with Crippen LogP contribution in [-0.2, 0) is 0 Å². The molecule has 2 N–H and O–H groups in total. The second-order valence-electron chi connectivity index (χ2n) is 7.26. The Kier molecular flexibility index (Phi) is 6.37. The number of fused-ring (bicyclic) bond motifs is 1. The van der Waals surface area contributed by atoms with Crippen LogP contribution in [0, 0.1) is 11.7 Å². The minimum Gasteiger partial charge on any atom is -0.463 e. The van der Waals surface area contributed by atoms with E-state index in [0.29, 0.717) is 37.3 Å². The Bertz CT molecular complexity index is 899. The molecule has 0 spiro atoms. The number of nitrogens with one attached hydrogen (secondary N) is 2. The predicted molar refractivity (Wildman–Crippen MR) is 107 cm³/mol. The molecule has 7 nitrogen and oxygen atoms in total. The van der Waals surface area contributed by atoms with Gasteiger partial charge in [0, 0.05) is 19.3 Å². The van der Waals surface area contributed by atoms with Gasteiger partial charge >= 0.3 is 6.01 Å². The van der Waals surface area contributed by atoms with Crippen molar-refractivity contribution in [3.8, 4) is 6.01 Å². The number of hydrazine groups is 1. The molecule has 0 bridgehead atoms. The normalized spacial score (nSPS) is 23.1. The first-order chi connectivity index (χ1) is 14.1. The van der Waals surface area contributed by atoms with E-state index in [1.807, 2.05) is 12.2 Å². The molecule has 2 aliphatic heterocycles. The molecule has 2 aromatic heterocycles. The highest BCUT2D eigenvalue weighted by molar-refractivity contribution is 6.30. The summed E-state index contributed by atoms with van der Waals surface area (Å²) in [5, 5.41) is 5.05. The number of alkyl halides is 1. The SMILES string of the molecule is Fc1c(Cl)ncc2c(N3CC=CCN3)nc(OC[C@@H]3CCCNC[C@H](F)C3)nc12. The largest absolute Gasteiger partial charge is 0.463 e. The van der Waals surface area contributed by atoms with Gasteiger partial charge in [0.25, 0.3) is 0 Å². The van der Waals surface area contributed by atoms with Gasteiger partial charge in [-0.25, -0.2) is 19.2 Å². The number of halogens is 3. The van der Waals surface area contributed by atoms with Crippen LogP contribution in [0.1, 0.15) is 19.3 Å². The average molecular weight is 425 g/mol. The van der Waals surface area contributed by atoms with E-state index in [1.54, 1.807) is 5.01 Å². The van der Waals surface area contributed by atoms with E-state index in [1.165, 1.54) is 6.20 Å². The van der Waals surface area contributed by atoms with Gasteiger partial charge in [0.05, 0.1) is 18.5 Å². The lowest BCUT2D eigenvalue weighted by Gasteiger charge is -2.27. The number of ether oxygens (including phenoxy) is 1. The maximum absolute atomic E-state index is 14.6. The number of pyridine rings is 1. The Balaban J connectivity index is 1.61. The molecule has 29 heavy (non-hydrogen) atoms. The van der Waals surface area contributed by atoms with E-state index in [0.717, 1.165) is 19.4 Å². The third-order valence-corrected chi connectivity index (χ3v) is 5.34. The minimum atomic E-state index is -0.913. The topological polar surface area (TPSA) is 75.2 Å². The zero-order chi connectivity index (χ0) is 20.2. The van der Waals surface area contributed by atoms with Crippen molar-refractivity contribution in [3.05, 3.63) is 29.3 Å². The van der Waals surface area contributed by atoms with Crippen LogP contribution in [0.2, 0.25) is 5.15 Å². The summed E-state index contributed by atoms with van der Waals surface area (Å²) >= 11 is 5.85. The fourth-order valence-electron chi connectivity index (χ4n) is 3.60. The highest BCUT2D eigenvalue weighted by atomic mass is 35.5. The standard InChI is InChI=1S/C19H23ClF2N6O/c20-17-15(22)16-14(10-24-17)18(28-7-2-1-6-25-28)27-19(26-16)29-11-12-4-3-5-23-9-13(21)8-12/h1-2,10,12-13,23,25H,3-9,11H2/t12-,13-/m1/s1. The third-order valence-electron chi connectivity index (χ3n) is 5.08. The minimum absolute atomic E-state index is 0.0422. The third kappa shape index (κ3) is 4.73. The first-order valence-corrected chi connectivity index (χ1v) is 10.1. The monoisotopic (exact) mass is 424 g/mol. The summed E-state index contributed by atoms with van der Waals surface area (Å²) in [6.07, 6.45) is 6.72. The molecule has 0 radical (unpaired) electrons. The predicted octanol–water partition coefficient (Wildman–Crippen LogP) is 2.80. The molecule has 1 fully saturated rings. The maximum atomic E-state index is 14.6. The van der Waals surface area contributed by atoms with Crippen molar-refractivity contribution < 1.29 is 13.5 Å². The first kappa shape index (κ1) is 20.2. The number of rotatable bonds is 4. The number of anilines is 1. The fraction of sp³-hybridized carbons (Fsp3) is 0.526. The highest BCUT2D eigenvalue weighted by Crippen LogP contribution is 2.30. The van der Waals surface area contributed by atoms with Crippen molar-refractivity contribution in [1.82, 2.24) is 25.7 Å². The number of hydrogen-bond acceptors (Lipinski definition) is 7. The van der Waals surface area contributed by atoms with Gasteiger partial charge in [-0.15, -0.1) is 0 Å². The molecule has 10 heteroatoms. The van der Waals surface area contributed by atoms with Crippen molar-refractivity contribution in [3.63, 3.8) is 0 Å². The number of nitrogens with zero attached hydrogens (tertiary/aromatic N) is 4. The van der Waals surface area contributed by atoms with Crippen LogP contribution in [0.15, 0.2) is 18.3 Å². The van der Waals surface area contributed by atoms with Gasteiger partial charge in [-0.1, -0.05) is 23.8 Å². The summed E-state index contributed by atoms with van der Waals surface area (Å²) in [6, 6.07) is 0.0422. The second-order valence-corrected chi connectivity index (χ2v) is 7.61. The van der Waals surface area contributed by atoms with Crippen molar-refractivity contribution >= 4 is 28.3 Å². The molecule has 156 valence electrons. The van der Waals surface area contributed by atoms with Gasteiger partial charge in [-0.3, -0.25) is 5.01 Å². The van der Waals surface area contributed by atoms with Crippen molar-refractivity contribution in [1.29, 1.82) is 0 Å². The summed E-state index contributed by atoms with van der Waals surface area (Å²) in [5.74, 6) is -0.203. The molecule has 0 aliphatic carbocycles. The van der Waals surface area contributed by atoms with E-state index < -0.39 is 12.0 Å². The summed E-state index contributed by atoms with van der Waals surface area (Å²) in [5.41, 5.74) is 3.22. The zero-order valence-electron chi connectivity index (χ0n) is 15.9. The van der Waals surface area contributed by atoms with Gasteiger partial charge in [0.2, 0.25) is 0 Å². The average Bonchev–Trinajstić information content (AvgIpc) is 2.72. The Morgan fingerprint density at radius 2 is 2.21 bits per heavy atom. The van der Waals surface area contributed by atoms with Gasteiger partial charge in [-0.05, 0) is 31.7 Å². The zero-order valence-corrected chi connectivity index (χ0v) is 16.6. The molecule has 0 saturated carbocycles. The summed E-state index contributed by atoms with van der Waals surface area (Å²) < 4.78 is 34.4. The lowest BCUT2D eigenvalue weighted by molar-refractivity contribution is 0.166. The van der Waals surface area contributed by atoms with Crippen molar-refractivity contribution in [2.75, 3.05) is 37.8 Å². The quantitative estimate of drug-likeness (QED) is 0.577. The van der Waals surface area contributed by atoms with Crippen LogP contribution in [-0.4, -0.2) is 53.9 Å². The molecule has 2 aliphatic rings. The summed E-state index contributed by atoms with van der Waals surface area (Å²) in [7, 11) is 0. The van der Waals surface area contributed by atoms with Crippen molar-refractivity contribution in [2.24, 2.45) is 5.92 Å². The van der Waals surface area contributed by atoms with E-state index in [9.17, 15) is 8.78 Å². The maximum Gasteiger partial charge on any atom is 0.319 e. The molecular formula is C19H23ClF2N6O. The first-order valence-electron chi connectivity index (χ1n) is 9.77. The molecule has 4 heterocycles. The Morgan fingerprint density at radius 1 is 1.31 bits per heavy atom. The van der Waals surface area contributed by atoms with E-state index >= 15 is 0 Å². The van der Waals surface area contributed by atoms with E-state index in [2.05, 4.69) is 25.7 Å². The smallest absolute Gasteiger partial charge is 0.319 e. The van der Waals surface area contributed by atoms with Crippen LogP contribution in [0.25, 0.3) is 10.9 Å². The molecule has 0 amide bonds. The lowest BCUT2D eigenvalue weighted by Crippen LogP contribution is -2.41. The van der Waals surface area contributed by atoms with Crippen LogP contribution in [0.4, 0.5) is 14.6 Å². The molecule has 0 unspecified atom stereocenters. The molecule has 0 aromatic carbocycles. The Hall–Kier alpha value is -2.10. The fourth-order valence-corrected chi connectivity index (χ4v) is 3.74. The highest BCUT2D eigenvalue weighted by Gasteiger charge is 2.22. The van der Waals surface area contributed by atoms with Crippen LogP contribution < -0.4 is 20.5 Å². The van der Waals surface area contributed by atoms with Gasteiger partial charge in [-0.2, -0.15) is 9.97 Å². The van der Waals surface area contributed by atoms with Gasteiger partial charge < -0.3 is 10.1 Å². The number of hydrogen-bond donors (Lipinski definition) is 2. The molecule has 2 atom stereocenters. The summed E-state index contributed by atoms with van der Waals surface area (Å²) in [4.78, 5) is 12.6. The van der Waals surface area contributed by atoms with Crippen LogP contribution in [0.3, 0.4) is 0 Å². The van der Waals surface area contributed by atoms with E-state index in [-0.39, 0.29) is 29.2 Å². The van der Waals surface area contributed by atoms with E-state index in [4.69, 9.17) is 16.3 Å². The molecule has 4 rings (SSSR count). The van der Waals surface area contributed by atoms with Crippen molar-refractivity contribution in [2.45, 2.75) is 25.4 Å². The molecule has 2 aromatic rings. The number of aromatic nitrogens is 3.